The van der Waals surface area contributed by atoms with Crippen molar-refractivity contribution in [1.82, 2.24) is 9.97 Å². The van der Waals surface area contributed by atoms with Crippen molar-refractivity contribution in [2.75, 3.05) is 18.0 Å². The molecule has 0 saturated carbocycles. The SMILES string of the molecule is C[C@@H]1CN(c2nccnc2CN)C[C@H](C)O1. The number of ether oxygens (including phenoxy) is 1. The fourth-order valence-corrected chi connectivity index (χ4v) is 2.12. The molecule has 2 heterocycles. The largest absolute Gasteiger partial charge is 0.372 e. The van der Waals surface area contributed by atoms with E-state index in [0.29, 0.717) is 6.54 Å². The third kappa shape index (κ3) is 2.31. The van der Waals surface area contributed by atoms with Crippen LogP contribution in [0.5, 0.6) is 0 Å². The summed E-state index contributed by atoms with van der Waals surface area (Å²) >= 11 is 0. The molecule has 0 amide bonds. The number of hydrogen-bond donors (Lipinski definition) is 1. The van der Waals surface area contributed by atoms with Crippen molar-refractivity contribution >= 4 is 5.82 Å². The summed E-state index contributed by atoms with van der Waals surface area (Å²) in [5.74, 6) is 0.895. The van der Waals surface area contributed by atoms with Crippen LogP contribution >= 0.6 is 0 Å². The van der Waals surface area contributed by atoms with Crippen molar-refractivity contribution in [1.29, 1.82) is 0 Å². The Morgan fingerprint density at radius 3 is 2.56 bits per heavy atom. The molecule has 1 saturated heterocycles. The maximum atomic E-state index is 5.69. The lowest BCUT2D eigenvalue weighted by Gasteiger charge is -2.36. The van der Waals surface area contributed by atoms with E-state index in [1.54, 1.807) is 12.4 Å². The van der Waals surface area contributed by atoms with Crippen LogP contribution in [0.25, 0.3) is 0 Å². The number of hydrogen-bond acceptors (Lipinski definition) is 5. The molecule has 2 N–H and O–H groups in total. The first-order valence-electron chi connectivity index (χ1n) is 5.61. The molecular formula is C11H18N4O. The molecule has 0 radical (unpaired) electrons. The fourth-order valence-electron chi connectivity index (χ4n) is 2.12. The zero-order valence-electron chi connectivity index (χ0n) is 9.76. The van der Waals surface area contributed by atoms with Gasteiger partial charge in [-0.3, -0.25) is 4.98 Å². The van der Waals surface area contributed by atoms with Crippen molar-refractivity contribution in [2.24, 2.45) is 5.73 Å². The van der Waals surface area contributed by atoms with Gasteiger partial charge < -0.3 is 15.4 Å². The summed E-state index contributed by atoms with van der Waals surface area (Å²) in [4.78, 5) is 10.8. The Labute approximate surface area is 95.6 Å². The molecule has 0 aromatic carbocycles. The predicted octanol–water partition coefficient (Wildman–Crippen LogP) is 0.549. The lowest BCUT2D eigenvalue weighted by Crippen LogP contribution is -2.46. The van der Waals surface area contributed by atoms with Crippen molar-refractivity contribution in [3.05, 3.63) is 18.1 Å². The van der Waals surface area contributed by atoms with E-state index in [9.17, 15) is 0 Å². The van der Waals surface area contributed by atoms with E-state index < -0.39 is 0 Å². The van der Waals surface area contributed by atoms with Crippen LogP contribution in [-0.4, -0.2) is 35.3 Å². The van der Waals surface area contributed by atoms with Gasteiger partial charge in [0.15, 0.2) is 5.82 Å². The first-order chi connectivity index (χ1) is 7.70. The van der Waals surface area contributed by atoms with E-state index in [4.69, 9.17) is 10.5 Å². The minimum Gasteiger partial charge on any atom is -0.372 e. The van der Waals surface area contributed by atoms with Crippen LogP contribution in [0.15, 0.2) is 12.4 Å². The Balaban J connectivity index is 2.22. The lowest BCUT2D eigenvalue weighted by molar-refractivity contribution is -0.00553. The fraction of sp³-hybridized carbons (Fsp3) is 0.636. The normalized spacial score (nSPS) is 25.8. The molecule has 16 heavy (non-hydrogen) atoms. The molecule has 0 unspecified atom stereocenters. The van der Waals surface area contributed by atoms with Gasteiger partial charge in [0.1, 0.15) is 0 Å². The molecule has 0 spiro atoms. The second-order valence-corrected chi connectivity index (χ2v) is 4.19. The second kappa shape index (κ2) is 4.76. The van der Waals surface area contributed by atoms with E-state index in [0.717, 1.165) is 24.6 Å². The molecule has 1 aliphatic rings. The molecule has 5 nitrogen and oxygen atoms in total. The third-order valence-electron chi connectivity index (χ3n) is 2.66. The second-order valence-electron chi connectivity index (χ2n) is 4.19. The van der Waals surface area contributed by atoms with Crippen LogP contribution in [0, 0.1) is 0 Å². The van der Waals surface area contributed by atoms with Crippen LogP contribution in [0.4, 0.5) is 5.82 Å². The Morgan fingerprint density at radius 1 is 1.31 bits per heavy atom. The summed E-state index contributed by atoms with van der Waals surface area (Å²) in [5.41, 5.74) is 6.52. The molecule has 1 aromatic rings. The van der Waals surface area contributed by atoms with E-state index in [1.807, 2.05) is 0 Å². The van der Waals surface area contributed by atoms with E-state index in [-0.39, 0.29) is 12.2 Å². The summed E-state index contributed by atoms with van der Waals surface area (Å²) < 4.78 is 5.69. The number of rotatable bonds is 2. The lowest BCUT2D eigenvalue weighted by atomic mass is 10.2. The van der Waals surface area contributed by atoms with Crippen LogP contribution in [0.1, 0.15) is 19.5 Å². The zero-order valence-corrected chi connectivity index (χ0v) is 9.76. The maximum Gasteiger partial charge on any atom is 0.151 e. The highest BCUT2D eigenvalue weighted by Crippen LogP contribution is 2.20. The summed E-state index contributed by atoms with van der Waals surface area (Å²) in [6.07, 6.45) is 3.82. The van der Waals surface area contributed by atoms with Gasteiger partial charge in [0, 0.05) is 32.0 Å². The van der Waals surface area contributed by atoms with Gasteiger partial charge in [0.05, 0.1) is 17.9 Å². The number of nitrogens with zero attached hydrogens (tertiary/aromatic N) is 3. The number of anilines is 1. The van der Waals surface area contributed by atoms with Gasteiger partial charge in [0.2, 0.25) is 0 Å². The molecule has 1 aliphatic heterocycles. The van der Waals surface area contributed by atoms with Gasteiger partial charge in [-0.15, -0.1) is 0 Å². The summed E-state index contributed by atoms with van der Waals surface area (Å²) in [6.45, 7) is 6.25. The first kappa shape index (κ1) is 11.3. The summed E-state index contributed by atoms with van der Waals surface area (Å²) in [6, 6.07) is 0. The molecule has 0 aliphatic carbocycles. The average molecular weight is 222 g/mol. The van der Waals surface area contributed by atoms with Gasteiger partial charge in [-0.05, 0) is 13.8 Å². The van der Waals surface area contributed by atoms with E-state index >= 15 is 0 Å². The van der Waals surface area contributed by atoms with Gasteiger partial charge >= 0.3 is 0 Å². The molecule has 1 fully saturated rings. The quantitative estimate of drug-likeness (QED) is 0.791. The Kier molecular flexibility index (Phi) is 3.36. The van der Waals surface area contributed by atoms with Crippen molar-refractivity contribution in [3.63, 3.8) is 0 Å². The molecule has 0 bridgehead atoms. The van der Waals surface area contributed by atoms with Gasteiger partial charge in [-0.1, -0.05) is 0 Å². The number of aromatic nitrogens is 2. The maximum absolute atomic E-state index is 5.69. The zero-order chi connectivity index (χ0) is 11.5. The standard InChI is InChI=1S/C11H18N4O/c1-8-6-15(7-9(2)16-8)11-10(5-12)13-3-4-14-11/h3-4,8-9H,5-7,12H2,1-2H3/t8-,9+. The highest BCUT2D eigenvalue weighted by molar-refractivity contribution is 5.43. The first-order valence-corrected chi connectivity index (χ1v) is 5.61. The molecule has 2 rings (SSSR count). The third-order valence-corrected chi connectivity index (χ3v) is 2.66. The van der Waals surface area contributed by atoms with Crippen molar-refractivity contribution < 1.29 is 4.74 Å². The minimum absolute atomic E-state index is 0.219. The Bertz CT molecular complexity index is 348. The number of morpholine rings is 1. The smallest absolute Gasteiger partial charge is 0.151 e. The Hall–Kier alpha value is -1.20. The molecule has 2 atom stereocenters. The predicted molar refractivity (Wildman–Crippen MR) is 62.1 cm³/mol. The van der Waals surface area contributed by atoms with E-state index in [2.05, 4.69) is 28.7 Å². The van der Waals surface area contributed by atoms with Crippen molar-refractivity contribution in [2.45, 2.75) is 32.6 Å². The molecule has 88 valence electrons. The van der Waals surface area contributed by atoms with Crippen LogP contribution in [0.2, 0.25) is 0 Å². The highest BCUT2D eigenvalue weighted by atomic mass is 16.5. The average Bonchev–Trinajstić information content (AvgIpc) is 2.27. The molecular weight excluding hydrogens is 204 g/mol. The van der Waals surface area contributed by atoms with E-state index in [1.165, 1.54) is 0 Å². The van der Waals surface area contributed by atoms with Gasteiger partial charge in [0.25, 0.3) is 0 Å². The van der Waals surface area contributed by atoms with Crippen molar-refractivity contribution in [3.8, 4) is 0 Å². The van der Waals surface area contributed by atoms with Gasteiger partial charge in [-0.25, -0.2) is 4.98 Å². The molecule has 5 heteroatoms. The topological polar surface area (TPSA) is 64.3 Å². The molecule has 1 aromatic heterocycles. The van der Waals surface area contributed by atoms with Crippen LogP contribution < -0.4 is 10.6 Å². The van der Waals surface area contributed by atoms with Gasteiger partial charge in [-0.2, -0.15) is 0 Å². The summed E-state index contributed by atoms with van der Waals surface area (Å²) in [5, 5.41) is 0. The monoisotopic (exact) mass is 222 g/mol. The highest BCUT2D eigenvalue weighted by Gasteiger charge is 2.24. The van der Waals surface area contributed by atoms with Crippen LogP contribution in [-0.2, 0) is 11.3 Å². The minimum atomic E-state index is 0.219. The Morgan fingerprint density at radius 2 is 1.94 bits per heavy atom. The summed E-state index contributed by atoms with van der Waals surface area (Å²) in [7, 11) is 0. The number of nitrogens with two attached hydrogens (primary N) is 1. The van der Waals surface area contributed by atoms with Crippen LogP contribution in [0.3, 0.4) is 0 Å².